The fourth-order valence-corrected chi connectivity index (χ4v) is 2.25. The van der Waals surface area contributed by atoms with Gasteiger partial charge in [0.15, 0.2) is 0 Å². The number of alkyl halides is 3. The molecule has 0 fully saturated rings. The molecule has 130 valence electrons. The van der Waals surface area contributed by atoms with E-state index in [4.69, 9.17) is 4.42 Å². The summed E-state index contributed by atoms with van der Waals surface area (Å²) < 4.78 is 43.3. The molecule has 0 aromatic carbocycles. The minimum Gasteiger partial charge on any atom is -0.466 e. The third-order valence-corrected chi connectivity index (χ3v) is 3.37. The van der Waals surface area contributed by atoms with Crippen molar-refractivity contribution in [1.82, 2.24) is 10.3 Å². The summed E-state index contributed by atoms with van der Waals surface area (Å²) in [4.78, 5) is 25.5. The Bertz CT molecular complexity index is 808. The zero-order chi connectivity index (χ0) is 18.1. The first-order valence-electron chi connectivity index (χ1n) is 7.02. The molecule has 0 radical (unpaired) electrons. The number of halogens is 3. The third kappa shape index (κ3) is 3.98. The normalized spacial score (nSPS) is 12.8. The largest absolute Gasteiger partial charge is 0.466 e. The number of H-pyrrole nitrogens is 1. The monoisotopic (exact) mass is 343 g/mol. The van der Waals surface area contributed by atoms with E-state index in [1.165, 1.54) is 0 Å². The lowest BCUT2D eigenvalue weighted by molar-refractivity contribution is -0.137. The van der Waals surface area contributed by atoms with E-state index in [1.807, 2.05) is 4.98 Å². The molecule has 6 nitrogen and oxygen atoms in total. The number of urea groups is 1. The molecule has 0 aliphatic heterocycles. The first-order chi connectivity index (χ1) is 11.1. The first kappa shape index (κ1) is 17.6. The summed E-state index contributed by atoms with van der Waals surface area (Å²) in [5, 5.41) is 4.67. The van der Waals surface area contributed by atoms with Crippen LogP contribution in [-0.2, 0) is 6.18 Å². The number of carbonyl (C=O) groups excluding carboxylic acids is 1. The van der Waals surface area contributed by atoms with E-state index in [1.54, 1.807) is 26.8 Å². The predicted octanol–water partition coefficient (Wildman–Crippen LogP) is 3.49. The highest BCUT2D eigenvalue weighted by molar-refractivity contribution is 5.89. The second kappa shape index (κ2) is 6.42. The lowest BCUT2D eigenvalue weighted by atomic mass is 10.1. The summed E-state index contributed by atoms with van der Waals surface area (Å²) in [6, 6.07) is 1.08. The number of aromatic nitrogens is 1. The van der Waals surface area contributed by atoms with Gasteiger partial charge in [0.2, 0.25) is 0 Å². The average molecular weight is 343 g/mol. The number of amides is 2. The number of aromatic amines is 1. The van der Waals surface area contributed by atoms with Gasteiger partial charge >= 0.3 is 12.2 Å². The van der Waals surface area contributed by atoms with Crippen molar-refractivity contribution in [3.8, 4) is 0 Å². The van der Waals surface area contributed by atoms with Crippen LogP contribution in [0.25, 0.3) is 0 Å². The van der Waals surface area contributed by atoms with Gasteiger partial charge in [0, 0.05) is 11.8 Å². The SMILES string of the molecule is Cc1cc([C@H](C)NC(=O)Nc2cc(C(F)(F)F)c[nH]c2=O)c(C)o1. The molecule has 9 heteroatoms. The van der Waals surface area contributed by atoms with Crippen LogP contribution < -0.4 is 16.2 Å². The number of carbonyl (C=O) groups is 1. The summed E-state index contributed by atoms with van der Waals surface area (Å²) in [7, 11) is 0. The maximum absolute atomic E-state index is 12.7. The Labute approximate surface area is 135 Å². The molecule has 2 heterocycles. The molecule has 0 saturated carbocycles. The van der Waals surface area contributed by atoms with Gasteiger partial charge in [-0.1, -0.05) is 0 Å². The maximum Gasteiger partial charge on any atom is 0.417 e. The van der Waals surface area contributed by atoms with E-state index >= 15 is 0 Å². The molecule has 3 N–H and O–H groups in total. The minimum atomic E-state index is -4.63. The molecule has 2 rings (SSSR count). The van der Waals surface area contributed by atoms with Crippen LogP contribution >= 0.6 is 0 Å². The number of furan rings is 1. The number of aryl methyl sites for hydroxylation is 2. The van der Waals surface area contributed by atoms with Gasteiger partial charge in [-0.05, 0) is 32.9 Å². The molecule has 0 unspecified atom stereocenters. The van der Waals surface area contributed by atoms with Crippen molar-refractivity contribution in [2.45, 2.75) is 33.0 Å². The molecule has 0 spiro atoms. The van der Waals surface area contributed by atoms with Crippen LogP contribution in [0, 0.1) is 13.8 Å². The Hall–Kier alpha value is -2.71. The number of pyridine rings is 1. The molecule has 1 atom stereocenters. The van der Waals surface area contributed by atoms with E-state index in [0.29, 0.717) is 23.8 Å². The van der Waals surface area contributed by atoms with E-state index in [-0.39, 0.29) is 0 Å². The quantitative estimate of drug-likeness (QED) is 0.797. The molecule has 0 aliphatic carbocycles. The summed E-state index contributed by atoms with van der Waals surface area (Å²) in [6.45, 7) is 5.18. The van der Waals surface area contributed by atoms with Crippen LogP contribution in [0.15, 0.2) is 27.5 Å². The first-order valence-corrected chi connectivity index (χ1v) is 7.02. The zero-order valence-corrected chi connectivity index (χ0v) is 13.2. The van der Waals surface area contributed by atoms with E-state index < -0.39 is 35.1 Å². The van der Waals surface area contributed by atoms with Crippen molar-refractivity contribution in [3.05, 3.63) is 51.3 Å². The molecule has 2 aromatic rings. The van der Waals surface area contributed by atoms with Crippen LogP contribution in [0.1, 0.15) is 35.6 Å². The van der Waals surface area contributed by atoms with Crippen molar-refractivity contribution in [2.24, 2.45) is 0 Å². The van der Waals surface area contributed by atoms with Gasteiger partial charge in [0.05, 0.1) is 11.6 Å². The van der Waals surface area contributed by atoms with Gasteiger partial charge in [-0.25, -0.2) is 4.79 Å². The average Bonchev–Trinajstić information content (AvgIpc) is 2.79. The second-order valence-electron chi connectivity index (χ2n) is 5.32. The van der Waals surface area contributed by atoms with Gasteiger partial charge in [0.1, 0.15) is 17.2 Å². The molecule has 2 amide bonds. The highest BCUT2D eigenvalue weighted by Gasteiger charge is 2.31. The number of nitrogens with one attached hydrogen (secondary N) is 3. The molecular formula is C15H16F3N3O3. The van der Waals surface area contributed by atoms with Gasteiger partial charge in [0.25, 0.3) is 5.56 Å². The minimum absolute atomic E-state index is 0.452. The smallest absolute Gasteiger partial charge is 0.417 e. The van der Waals surface area contributed by atoms with Crippen LogP contribution in [0.3, 0.4) is 0 Å². The fraction of sp³-hybridized carbons (Fsp3) is 0.333. The Kier molecular flexibility index (Phi) is 4.72. The summed E-state index contributed by atoms with van der Waals surface area (Å²) >= 11 is 0. The highest BCUT2D eigenvalue weighted by atomic mass is 19.4. The molecule has 0 aliphatic rings. The Morgan fingerprint density at radius 1 is 1.29 bits per heavy atom. The Morgan fingerprint density at radius 2 is 1.96 bits per heavy atom. The van der Waals surface area contributed by atoms with Crippen LogP contribution in [0.5, 0.6) is 0 Å². The van der Waals surface area contributed by atoms with Gasteiger partial charge < -0.3 is 20.0 Å². The van der Waals surface area contributed by atoms with E-state index in [9.17, 15) is 22.8 Å². The van der Waals surface area contributed by atoms with Crippen molar-refractivity contribution < 1.29 is 22.4 Å². The lowest BCUT2D eigenvalue weighted by Gasteiger charge is -2.14. The van der Waals surface area contributed by atoms with E-state index in [0.717, 1.165) is 5.56 Å². The number of hydrogen-bond donors (Lipinski definition) is 3. The van der Waals surface area contributed by atoms with Crippen LogP contribution in [0.4, 0.5) is 23.7 Å². The standard InChI is InChI=1S/C15H16F3N3O3/c1-7-4-11(9(3)24-7)8(2)20-14(23)21-12-5-10(15(16,17)18)6-19-13(12)22/h4-6,8H,1-3H3,(H,19,22)(H2,20,21,23)/t8-/m0/s1. The van der Waals surface area contributed by atoms with Crippen molar-refractivity contribution >= 4 is 11.7 Å². The van der Waals surface area contributed by atoms with Crippen molar-refractivity contribution in [3.63, 3.8) is 0 Å². The van der Waals surface area contributed by atoms with Crippen molar-refractivity contribution in [1.29, 1.82) is 0 Å². The summed E-state index contributed by atoms with van der Waals surface area (Å²) in [5.41, 5.74) is -1.65. The highest BCUT2D eigenvalue weighted by Crippen LogP contribution is 2.29. The third-order valence-electron chi connectivity index (χ3n) is 3.37. The molecule has 0 bridgehead atoms. The predicted molar refractivity (Wildman–Crippen MR) is 80.8 cm³/mol. The second-order valence-corrected chi connectivity index (χ2v) is 5.32. The molecule has 2 aromatic heterocycles. The van der Waals surface area contributed by atoms with Crippen LogP contribution in [-0.4, -0.2) is 11.0 Å². The number of hydrogen-bond acceptors (Lipinski definition) is 3. The summed E-state index contributed by atoms with van der Waals surface area (Å²) in [6.07, 6.45) is -4.08. The van der Waals surface area contributed by atoms with Gasteiger partial charge in [-0.15, -0.1) is 0 Å². The van der Waals surface area contributed by atoms with Gasteiger partial charge in [-0.2, -0.15) is 13.2 Å². The maximum atomic E-state index is 12.7. The lowest BCUT2D eigenvalue weighted by Crippen LogP contribution is -2.33. The number of anilines is 1. The van der Waals surface area contributed by atoms with Crippen LogP contribution in [0.2, 0.25) is 0 Å². The Balaban J connectivity index is 2.12. The number of rotatable bonds is 3. The molecular weight excluding hydrogens is 327 g/mol. The molecule has 0 saturated heterocycles. The topological polar surface area (TPSA) is 87.1 Å². The Morgan fingerprint density at radius 3 is 2.50 bits per heavy atom. The van der Waals surface area contributed by atoms with Gasteiger partial charge in [-0.3, -0.25) is 4.79 Å². The zero-order valence-electron chi connectivity index (χ0n) is 13.2. The van der Waals surface area contributed by atoms with E-state index in [2.05, 4.69) is 10.6 Å². The van der Waals surface area contributed by atoms with Crippen molar-refractivity contribution in [2.75, 3.05) is 5.32 Å². The fourth-order valence-electron chi connectivity index (χ4n) is 2.25. The summed E-state index contributed by atoms with van der Waals surface area (Å²) in [5.74, 6) is 1.29. The molecule has 24 heavy (non-hydrogen) atoms.